The zero-order valence-corrected chi connectivity index (χ0v) is 12.0. The molecule has 3 N–H and O–H groups in total. The van der Waals surface area contributed by atoms with Gasteiger partial charge in [0.15, 0.2) is 0 Å². The van der Waals surface area contributed by atoms with Crippen LogP contribution in [0.4, 0.5) is 11.5 Å². The van der Waals surface area contributed by atoms with E-state index in [9.17, 15) is 9.90 Å². The number of hydrogen-bond acceptors (Lipinski definition) is 6. The van der Waals surface area contributed by atoms with Gasteiger partial charge in [0.25, 0.3) is 5.91 Å². The van der Waals surface area contributed by atoms with Crippen LogP contribution in [-0.2, 0) is 0 Å². The number of phenolic OH excluding ortho intramolecular Hbond substituents is 1. The number of piperazine rings is 1. The number of hydrogen-bond donors (Lipinski definition) is 2. The molecule has 114 valence electrons. The summed E-state index contributed by atoms with van der Waals surface area (Å²) in [6, 6.07) is 7.22. The Labute approximate surface area is 128 Å². The normalized spacial score (nSPS) is 14.9. The molecule has 0 unspecified atom stereocenters. The van der Waals surface area contributed by atoms with Gasteiger partial charge in [-0.05, 0) is 12.1 Å². The van der Waals surface area contributed by atoms with Crippen LogP contribution in [0.5, 0.6) is 5.75 Å². The molecule has 0 aliphatic carbocycles. The summed E-state index contributed by atoms with van der Waals surface area (Å²) in [5, 5.41) is 9.56. The van der Waals surface area contributed by atoms with Gasteiger partial charge in [-0.1, -0.05) is 6.07 Å². The zero-order valence-electron chi connectivity index (χ0n) is 12.0. The summed E-state index contributed by atoms with van der Waals surface area (Å²) in [7, 11) is 0. The van der Waals surface area contributed by atoms with Crippen molar-refractivity contribution in [3.05, 3.63) is 42.4 Å². The third-order valence-electron chi connectivity index (χ3n) is 3.67. The van der Waals surface area contributed by atoms with E-state index in [2.05, 4.69) is 19.8 Å². The maximum atomic E-state index is 11.2. The Kier molecular flexibility index (Phi) is 3.78. The molecule has 0 atom stereocenters. The Morgan fingerprint density at radius 2 is 1.86 bits per heavy atom. The van der Waals surface area contributed by atoms with E-state index in [-0.39, 0.29) is 11.4 Å². The molecule has 0 spiro atoms. The topological polar surface area (TPSA) is 95.6 Å². The fraction of sp³-hybridized carbons (Fsp3) is 0.267. The summed E-state index contributed by atoms with van der Waals surface area (Å²) in [6.07, 6.45) is 3.01. The standard InChI is InChI=1S/C15H17N5O2/c16-15(22)13-9-17-10-14(18-13)20-6-4-19(5-7-20)11-2-1-3-12(21)8-11/h1-3,8-10,21H,4-7H2,(H2,16,22). The molecule has 1 aromatic carbocycles. The molecule has 1 aliphatic rings. The van der Waals surface area contributed by atoms with Crippen molar-refractivity contribution in [3.8, 4) is 5.75 Å². The lowest BCUT2D eigenvalue weighted by molar-refractivity contribution is 0.0995. The summed E-state index contributed by atoms with van der Waals surface area (Å²) in [6.45, 7) is 3.11. The number of amides is 1. The van der Waals surface area contributed by atoms with Gasteiger partial charge in [-0.2, -0.15) is 0 Å². The average Bonchev–Trinajstić information content (AvgIpc) is 2.55. The summed E-state index contributed by atoms with van der Waals surface area (Å²) < 4.78 is 0. The highest BCUT2D eigenvalue weighted by Gasteiger charge is 2.19. The number of benzene rings is 1. The molecule has 0 bridgehead atoms. The maximum absolute atomic E-state index is 11.2. The second-order valence-corrected chi connectivity index (χ2v) is 5.12. The Morgan fingerprint density at radius 3 is 2.55 bits per heavy atom. The number of nitrogens with two attached hydrogens (primary N) is 1. The van der Waals surface area contributed by atoms with E-state index in [4.69, 9.17) is 5.73 Å². The summed E-state index contributed by atoms with van der Waals surface area (Å²) in [4.78, 5) is 23.7. The molecule has 0 saturated carbocycles. The minimum absolute atomic E-state index is 0.174. The van der Waals surface area contributed by atoms with Crippen molar-refractivity contribution in [2.24, 2.45) is 5.73 Å². The van der Waals surface area contributed by atoms with E-state index in [1.807, 2.05) is 12.1 Å². The largest absolute Gasteiger partial charge is 0.508 e. The summed E-state index contributed by atoms with van der Waals surface area (Å²) in [5.41, 5.74) is 6.40. The average molecular weight is 299 g/mol. The van der Waals surface area contributed by atoms with Gasteiger partial charge < -0.3 is 20.6 Å². The number of anilines is 2. The maximum Gasteiger partial charge on any atom is 0.268 e. The monoisotopic (exact) mass is 299 g/mol. The Hall–Kier alpha value is -2.83. The van der Waals surface area contributed by atoms with E-state index in [0.717, 1.165) is 31.9 Å². The van der Waals surface area contributed by atoms with Crippen molar-refractivity contribution in [2.75, 3.05) is 36.0 Å². The van der Waals surface area contributed by atoms with Gasteiger partial charge in [0, 0.05) is 37.9 Å². The first-order valence-corrected chi connectivity index (χ1v) is 7.04. The predicted molar refractivity (Wildman–Crippen MR) is 83.1 cm³/mol. The van der Waals surface area contributed by atoms with Crippen LogP contribution in [0.25, 0.3) is 0 Å². The Bertz CT molecular complexity index is 683. The van der Waals surface area contributed by atoms with Crippen LogP contribution in [0.2, 0.25) is 0 Å². The van der Waals surface area contributed by atoms with Crippen LogP contribution < -0.4 is 15.5 Å². The number of aromatic nitrogens is 2. The highest BCUT2D eigenvalue weighted by atomic mass is 16.3. The molecule has 2 heterocycles. The molecule has 2 aromatic rings. The van der Waals surface area contributed by atoms with E-state index in [0.29, 0.717) is 5.82 Å². The number of primary amides is 1. The number of carbonyl (C=O) groups is 1. The highest BCUT2D eigenvalue weighted by Crippen LogP contribution is 2.22. The molecule has 1 saturated heterocycles. The SMILES string of the molecule is NC(=O)c1cncc(N2CCN(c3cccc(O)c3)CC2)n1. The lowest BCUT2D eigenvalue weighted by Crippen LogP contribution is -2.47. The number of nitrogens with zero attached hydrogens (tertiary/aromatic N) is 4. The molecular weight excluding hydrogens is 282 g/mol. The molecule has 22 heavy (non-hydrogen) atoms. The third-order valence-corrected chi connectivity index (χ3v) is 3.67. The first-order chi connectivity index (χ1) is 10.6. The first kappa shape index (κ1) is 14.1. The van der Waals surface area contributed by atoms with Crippen LogP contribution in [0.1, 0.15) is 10.5 Å². The molecule has 1 aromatic heterocycles. The second kappa shape index (κ2) is 5.88. The molecule has 7 nitrogen and oxygen atoms in total. The highest BCUT2D eigenvalue weighted by molar-refractivity contribution is 5.90. The van der Waals surface area contributed by atoms with Crippen LogP contribution in [-0.4, -0.2) is 47.2 Å². The van der Waals surface area contributed by atoms with Crippen molar-refractivity contribution in [3.63, 3.8) is 0 Å². The number of aromatic hydroxyl groups is 1. The van der Waals surface area contributed by atoms with E-state index >= 15 is 0 Å². The van der Waals surface area contributed by atoms with Crippen molar-refractivity contribution >= 4 is 17.4 Å². The fourth-order valence-electron chi connectivity index (χ4n) is 2.51. The minimum atomic E-state index is -0.576. The van der Waals surface area contributed by atoms with Crippen molar-refractivity contribution in [1.29, 1.82) is 0 Å². The van der Waals surface area contributed by atoms with Crippen LogP contribution in [0.3, 0.4) is 0 Å². The fourth-order valence-corrected chi connectivity index (χ4v) is 2.51. The van der Waals surface area contributed by atoms with Gasteiger partial charge in [-0.3, -0.25) is 9.78 Å². The number of carbonyl (C=O) groups excluding carboxylic acids is 1. The lowest BCUT2D eigenvalue weighted by atomic mass is 10.2. The molecule has 3 rings (SSSR count). The van der Waals surface area contributed by atoms with Gasteiger partial charge in [0.1, 0.15) is 17.3 Å². The second-order valence-electron chi connectivity index (χ2n) is 5.12. The van der Waals surface area contributed by atoms with Gasteiger partial charge >= 0.3 is 0 Å². The van der Waals surface area contributed by atoms with Gasteiger partial charge in [-0.25, -0.2) is 4.98 Å². The van der Waals surface area contributed by atoms with Crippen molar-refractivity contribution in [2.45, 2.75) is 0 Å². The van der Waals surface area contributed by atoms with Crippen LogP contribution in [0, 0.1) is 0 Å². The Balaban J connectivity index is 1.69. The number of rotatable bonds is 3. The molecule has 0 radical (unpaired) electrons. The molecule has 1 aliphatic heterocycles. The third kappa shape index (κ3) is 2.93. The van der Waals surface area contributed by atoms with Crippen molar-refractivity contribution < 1.29 is 9.90 Å². The molecule has 7 heteroatoms. The van der Waals surface area contributed by atoms with Gasteiger partial charge in [-0.15, -0.1) is 0 Å². The van der Waals surface area contributed by atoms with E-state index in [1.165, 1.54) is 6.20 Å². The van der Waals surface area contributed by atoms with E-state index in [1.54, 1.807) is 18.3 Å². The molecular formula is C15H17N5O2. The molecule has 1 fully saturated rings. The smallest absolute Gasteiger partial charge is 0.268 e. The van der Waals surface area contributed by atoms with Crippen LogP contribution in [0.15, 0.2) is 36.7 Å². The summed E-state index contributed by atoms with van der Waals surface area (Å²) in [5.74, 6) is 0.347. The lowest BCUT2D eigenvalue weighted by Gasteiger charge is -2.36. The predicted octanol–water partition coefficient (Wildman–Crippen LogP) is 0.608. The molecule has 1 amide bonds. The van der Waals surface area contributed by atoms with E-state index < -0.39 is 5.91 Å². The first-order valence-electron chi connectivity index (χ1n) is 7.04. The quantitative estimate of drug-likeness (QED) is 0.862. The zero-order chi connectivity index (χ0) is 15.5. The van der Waals surface area contributed by atoms with Crippen molar-refractivity contribution in [1.82, 2.24) is 9.97 Å². The van der Waals surface area contributed by atoms with Gasteiger partial charge in [0.05, 0.1) is 12.4 Å². The minimum Gasteiger partial charge on any atom is -0.508 e. The van der Waals surface area contributed by atoms with Crippen LogP contribution >= 0.6 is 0 Å². The summed E-state index contributed by atoms with van der Waals surface area (Å²) >= 11 is 0. The Morgan fingerprint density at radius 1 is 1.14 bits per heavy atom. The number of phenols is 1. The van der Waals surface area contributed by atoms with Gasteiger partial charge in [0.2, 0.25) is 0 Å².